The van der Waals surface area contributed by atoms with Crippen LogP contribution in [0.15, 0.2) is 36.4 Å². The number of halogens is 3. The summed E-state index contributed by atoms with van der Waals surface area (Å²) in [4.78, 5) is 39.5. The van der Waals surface area contributed by atoms with Crippen LogP contribution in [-0.2, 0) is 17.5 Å². The van der Waals surface area contributed by atoms with Crippen LogP contribution < -0.4 is 30.7 Å². The average molecular weight is 550 g/mol. The molecule has 0 aromatic heterocycles. The van der Waals surface area contributed by atoms with Crippen LogP contribution in [0.3, 0.4) is 0 Å². The van der Waals surface area contributed by atoms with Crippen LogP contribution >= 0.6 is 0 Å². The van der Waals surface area contributed by atoms with Gasteiger partial charge in [0.05, 0.1) is 23.4 Å². The van der Waals surface area contributed by atoms with Gasteiger partial charge in [0.2, 0.25) is 12.7 Å². The maximum Gasteiger partial charge on any atom is 0.416 e. The number of nitrogens with one attached hydrogen (secondary N) is 4. The minimum absolute atomic E-state index is 0.117. The van der Waals surface area contributed by atoms with E-state index in [4.69, 9.17) is 9.47 Å². The predicted octanol–water partition coefficient (Wildman–Crippen LogP) is 3.08. The molecule has 2 heterocycles. The van der Waals surface area contributed by atoms with Gasteiger partial charge >= 0.3 is 12.2 Å². The Labute approximate surface area is 223 Å². The fourth-order valence-corrected chi connectivity index (χ4v) is 4.36. The first-order chi connectivity index (χ1) is 18.5. The number of rotatable bonds is 8. The Balaban J connectivity index is 1.31. The molecule has 0 radical (unpaired) electrons. The molecule has 1 saturated heterocycles. The highest BCUT2D eigenvalue weighted by molar-refractivity contribution is 6.04. The van der Waals surface area contributed by atoms with Crippen molar-refractivity contribution in [1.82, 2.24) is 20.9 Å². The molecule has 0 saturated carbocycles. The monoisotopic (exact) mass is 549 g/mol. The van der Waals surface area contributed by atoms with Crippen molar-refractivity contribution in [2.24, 2.45) is 0 Å². The first-order valence-corrected chi connectivity index (χ1v) is 12.4. The molecule has 4 amide bonds. The van der Waals surface area contributed by atoms with Gasteiger partial charge in [-0.1, -0.05) is 6.07 Å². The maximum atomic E-state index is 13.3. The molecule has 0 unspecified atom stereocenters. The number of benzene rings is 2. The highest BCUT2D eigenvalue weighted by Gasteiger charge is 2.32. The smallest absolute Gasteiger partial charge is 0.416 e. The second kappa shape index (κ2) is 11.8. The van der Waals surface area contributed by atoms with Crippen LogP contribution in [-0.4, -0.2) is 61.3 Å². The number of alkyl halides is 3. The van der Waals surface area contributed by atoms with Crippen LogP contribution in [0, 0.1) is 0 Å². The van der Waals surface area contributed by atoms with Crippen LogP contribution in [0.2, 0.25) is 0 Å². The van der Waals surface area contributed by atoms with Crippen molar-refractivity contribution >= 4 is 23.5 Å². The number of hydrogen-bond acceptors (Lipinski definition) is 6. The standard InChI is InChI=1S/C26H30F3N5O5/c1-15(2)31-25(37)33-20-5-4-17(26(27,28)29)10-19(20)24(36)30-11-23(35)32-18-7-8-34(13-18)12-16-3-6-21-22(9-16)39-14-38-21/h3-6,9-10,15,18H,7-8,11-14H2,1-2H3,(H,30,36)(H,32,35)(H2,31,33,37)/t18-/m1/s1. The Kier molecular flexibility index (Phi) is 8.48. The third-order valence-corrected chi connectivity index (χ3v) is 6.15. The Bertz CT molecular complexity index is 1240. The highest BCUT2D eigenvalue weighted by atomic mass is 19.4. The molecule has 1 atom stereocenters. The van der Waals surface area contributed by atoms with Crippen LogP contribution in [0.4, 0.5) is 23.7 Å². The minimum Gasteiger partial charge on any atom is -0.454 e. The van der Waals surface area contributed by atoms with E-state index < -0.39 is 41.7 Å². The summed E-state index contributed by atoms with van der Waals surface area (Å²) in [6.45, 7) is 5.19. The van der Waals surface area contributed by atoms with E-state index >= 15 is 0 Å². The molecule has 39 heavy (non-hydrogen) atoms. The van der Waals surface area contributed by atoms with Crippen molar-refractivity contribution in [3.63, 3.8) is 0 Å². The average Bonchev–Trinajstić information content (AvgIpc) is 3.50. The van der Waals surface area contributed by atoms with Gasteiger partial charge in [-0.2, -0.15) is 13.2 Å². The van der Waals surface area contributed by atoms with Gasteiger partial charge < -0.3 is 30.7 Å². The fourth-order valence-electron chi connectivity index (χ4n) is 4.36. The molecule has 10 nitrogen and oxygen atoms in total. The zero-order valence-corrected chi connectivity index (χ0v) is 21.5. The van der Waals surface area contributed by atoms with Crippen LogP contribution in [0.25, 0.3) is 0 Å². The lowest BCUT2D eigenvalue weighted by Gasteiger charge is -2.18. The van der Waals surface area contributed by atoms with Gasteiger partial charge in [-0.25, -0.2) is 4.79 Å². The number of fused-ring (bicyclic) bond motifs is 1. The second-order valence-electron chi connectivity index (χ2n) is 9.67. The molecular weight excluding hydrogens is 519 g/mol. The molecule has 210 valence electrons. The lowest BCUT2D eigenvalue weighted by atomic mass is 10.1. The van der Waals surface area contributed by atoms with Crippen molar-refractivity contribution in [2.45, 2.75) is 45.1 Å². The van der Waals surface area contributed by atoms with Gasteiger partial charge in [0.25, 0.3) is 5.91 Å². The number of likely N-dealkylation sites (tertiary alicyclic amines) is 1. The third kappa shape index (κ3) is 7.53. The summed E-state index contributed by atoms with van der Waals surface area (Å²) < 4.78 is 50.5. The maximum absolute atomic E-state index is 13.3. The van der Waals surface area contributed by atoms with Gasteiger partial charge in [-0.15, -0.1) is 0 Å². The first-order valence-electron chi connectivity index (χ1n) is 12.4. The largest absolute Gasteiger partial charge is 0.454 e. The quantitative estimate of drug-likeness (QED) is 0.402. The Hall–Kier alpha value is -4.00. The van der Waals surface area contributed by atoms with E-state index in [-0.39, 0.29) is 24.6 Å². The Morgan fingerprint density at radius 3 is 2.59 bits per heavy atom. The zero-order valence-electron chi connectivity index (χ0n) is 21.5. The predicted molar refractivity (Wildman–Crippen MR) is 135 cm³/mol. The number of anilines is 1. The topological polar surface area (TPSA) is 121 Å². The van der Waals surface area contributed by atoms with Gasteiger partial charge in [-0.05, 0) is 56.2 Å². The van der Waals surface area contributed by atoms with E-state index in [1.807, 2.05) is 18.2 Å². The van der Waals surface area contributed by atoms with E-state index in [1.54, 1.807) is 13.8 Å². The van der Waals surface area contributed by atoms with E-state index in [0.29, 0.717) is 37.1 Å². The van der Waals surface area contributed by atoms with Crippen LogP contribution in [0.5, 0.6) is 11.5 Å². The molecule has 2 aromatic rings. The van der Waals surface area contributed by atoms with E-state index in [0.717, 1.165) is 24.2 Å². The highest BCUT2D eigenvalue weighted by Crippen LogP contribution is 2.33. The molecule has 4 rings (SSSR count). The molecule has 4 N–H and O–H groups in total. The fraction of sp³-hybridized carbons (Fsp3) is 0.423. The van der Waals surface area contributed by atoms with Gasteiger partial charge in [-0.3, -0.25) is 14.5 Å². The number of carbonyl (C=O) groups excluding carboxylic acids is 3. The third-order valence-electron chi connectivity index (χ3n) is 6.15. The molecule has 0 spiro atoms. The molecule has 13 heteroatoms. The second-order valence-corrected chi connectivity index (χ2v) is 9.67. The van der Waals surface area contributed by atoms with Crippen molar-refractivity contribution in [1.29, 1.82) is 0 Å². The summed E-state index contributed by atoms with van der Waals surface area (Å²) in [6, 6.07) is 7.10. The summed E-state index contributed by atoms with van der Waals surface area (Å²) in [5, 5.41) is 10.1. The molecule has 2 aromatic carbocycles. The SMILES string of the molecule is CC(C)NC(=O)Nc1ccc(C(F)(F)F)cc1C(=O)NCC(=O)N[C@@H]1CCN(Cc2ccc3c(c2)OCO3)C1. The van der Waals surface area contributed by atoms with Crippen molar-refractivity contribution in [2.75, 3.05) is 31.7 Å². The minimum atomic E-state index is -4.69. The molecule has 0 bridgehead atoms. The van der Waals surface area contributed by atoms with Crippen molar-refractivity contribution in [3.05, 3.63) is 53.1 Å². The molecular formula is C26H30F3N5O5. The number of ether oxygens (including phenoxy) is 2. The van der Waals surface area contributed by atoms with Gasteiger partial charge in [0.15, 0.2) is 11.5 Å². The lowest BCUT2D eigenvalue weighted by Crippen LogP contribution is -2.43. The lowest BCUT2D eigenvalue weighted by molar-refractivity contribution is -0.137. The van der Waals surface area contributed by atoms with Gasteiger partial charge in [0, 0.05) is 31.7 Å². The normalized spacial score (nSPS) is 16.7. The molecule has 0 aliphatic carbocycles. The number of nitrogens with zero attached hydrogens (tertiary/aromatic N) is 1. The number of amides is 4. The summed E-state index contributed by atoms with van der Waals surface area (Å²) >= 11 is 0. The van der Waals surface area contributed by atoms with E-state index in [1.165, 1.54) is 0 Å². The number of carbonyl (C=O) groups is 3. The summed E-state index contributed by atoms with van der Waals surface area (Å²) in [6.07, 6.45) is -3.99. The van der Waals surface area contributed by atoms with Crippen molar-refractivity contribution < 1.29 is 37.0 Å². The summed E-state index contributed by atoms with van der Waals surface area (Å²) in [5.74, 6) is 0.00968. The van der Waals surface area contributed by atoms with E-state index in [2.05, 4.69) is 26.2 Å². The summed E-state index contributed by atoms with van der Waals surface area (Å²) in [7, 11) is 0. The molecule has 2 aliphatic heterocycles. The van der Waals surface area contributed by atoms with Crippen molar-refractivity contribution in [3.8, 4) is 11.5 Å². The number of hydrogen-bond donors (Lipinski definition) is 4. The van der Waals surface area contributed by atoms with Crippen LogP contribution in [0.1, 0.15) is 41.8 Å². The Morgan fingerprint density at radius 2 is 1.85 bits per heavy atom. The Morgan fingerprint density at radius 1 is 1.08 bits per heavy atom. The number of urea groups is 1. The molecule has 1 fully saturated rings. The molecule has 2 aliphatic rings. The van der Waals surface area contributed by atoms with Gasteiger partial charge in [0.1, 0.15) is 0 Å². The first kappa shape index (κ1) is 28.0. The summed E-state index contributed by atoms with van der Waals surface area (Å²) in [5.41, 5.74) is -0.534. The zero-order chi connectivity index (χ0) is 28.2. The van der Waals surface area contributed by atoms with E-state index in [9.17, 15) is 27.6 Å².